The summed E-state index contributed by atoms with van der Waals surface area (Å²) in [6.07, 6.45) is 2.30. The number of pyridine rings is 1. The van der Waals surface area contributed by atoms with Crippen molar-refractivity contribution in [3.05, 3.63) is 59.3 Å². The van der Waals surface area contributed by atoms with Crippen LogP contribution in [-0.2, 0) is 6.54 Å². The zero-order chi connectivity index (χ0) is 26.4. The van der Waals surface area contributed by atoms with Gasteiger partial charge < -0.3 is 26.0 Å². The third-order valence-corrected chi connectivity index (χ3v) is 8.39. The van der Waals surface area contributed by atoms with E-state index in [-0.39, 0.29) is 19.0 Å². The van der Waals surface area contributed by atoms with Crippen molar-refractivity contribution in [1.82, 2.24) is 19.9 Å². The maximum Gasteiger partial charge on any atom is 0.225 e. The van der Waals surface area contributed by atoms with E-state index in [0.29, 0.717) is 40.9 Å². The Kier molecular flexibility index (Phi) is 6.68. The number of hydrogen-bond donors (Lipinski definition) is 5. The van der Waals surface area contributed by atoms with Gasteiger partial charge in [-0.05, 0) is 38.3 Å². The molecule has 0 bridgehead atoms. The van der Waals surface area contributed by atoms with Gasteiger partial charge in [0.2, 0.25) is 5.95 Å². The minimum atomic E-state index is -1.08. The van der Waals surface area contributed by atoms with Crippen molar-refractivity contribution in [3.63, 3.8) is 0 Å². The molecule has 0 amide bonds. The maximum absolute atomic E-state index is 14.2. The van der Waals surface area contributed by atoms with E-state index >= 15 is 0 Å². The number of anilines is 2. The molecule has 2 saturated carbocycles. The van der Waals surface area contributed by atoms with E-state index in [0.717, 1.165) is 33.8 Å². The molecule has 0 saturated heterocycles. The van der Waals surface area contributed by atoms with Gasteiger partial charge in [0.25, 0.3) is 0 Å². The minimum Gasteiger partial charge on any atom is -0.396 e. The number of aliphatic hydroxyl groups is 3. The van der Waals surface area contributed by atoms with Crippen molar-refractivity contribution in [3.8, 4) is 10.6 Å². The van der Waals surface area contributed by atoms with Crippen LogP contribution in [0, 0.1) is 18.7 Å². The lowest BCUT2D eigenvalue weighted by molar-refractivity contribution is 0.00446. The molecule has 9 nitrogen and oxygen atoms in total. The van der Waals surface area contributed by atoms with Gasteiger partial charge >= 0.3 is 0 Å². The molecule has 6 rings (SSSR count). The molecule has 2 aliphatic carbocycles. The fraction of sp³-hybridized carbons (Fsp3) is 0.407. The second-order valence-electron chi connectivity index (χ2n) is 10.0. The normalized spacial score (nSPS) is 23.2. The van der Waals surface area contributed by atoms with Crippen LogP contribution in [-0.4, -0.2) is 60.1 Å². The van der Waals surface area contributed by atoms with Crippen LogP contribution >= 0.6 is 11.3 Å². The Morgan fingerprint density at radius 1 is 1.08 bits per heavy atom. The van der Waals surface area contributed by atoms with Gasteiger partial charge in [-0.25, -0.2) is 14.4 Å². The molecule has 0 aliphatic heterocycles. The lowest BCUT2D eigenvalue weighted by Crippen LogP contribution is -2.35. The van der Waals surface area contributed by atoms with Crippen molar-refractivity contribution >= 4 is 33.3 Å². The molecule has 5 N–H and O–H groups in total. The van der Waals surface area contributed by atoms with E-state index in [1.165, 1.54) is 17.4 Å². The highest BCUT2D eigenvalue weighted by atomic mass is 32.1. The smallest absolute Gasteiger partial charge is 0.225 e. The van der Waals surface area contributed by atoms with E-state index in [4.69, 9.17) is 9.97 Å². The number of halogens is 1. The van der Waals surface area contributed by atoms with Crippen molar-refractivity contribution < 1.29 is 19.7 Å². The lowest BCUT2D eigenvalue weighted by Gasteiger charge is -2.21. The van der Waals surface area contributed by atoms with Crippen LogP contribution in [0.3, 0.4) is 0 Å². The molecule has 3 heterocycles. The number of nitrogens with one attached hydrogen (secondary N) is 2. The number of nitrogens with zero attached hydrogens (tertiary/aromatic N) is 4. The third-order valence-electron chi connectivity index (χ3n) is 7.36. The van der Waals surface area contributed by atoms with E-state index < -0.39 is 24.2 Å². The summed E-state index contributed by atoms with van der Waals surface area (Å²) in [4.78, 5) is 18.9. The molecule has 198 valence electrons. The van der Waals surface area contributed by atoms with Crippen LogP contribution in [0.25, 0.3) is 20.8 Å². The molecule has 4 aromatic rings. The standard InChI is InChI=1S/C27H29FN6O3S/c1-13-20(26-33-22-19(38-26)8-9-29-21(22)14-6-7-14)25(32-18-10-16(12-35)23(36)24(18)37)34-27(31-13)30-11-15-4-2-3-5-17(15)28/h2-5,8-9,14,16,18,23-24,35-37H,6-7,10-12H2,1H3,(H2,30,31,32,34). The fourth-order valence-electron chi connectivity index (χ4n) is 5.09. The number of fused-ring (bicyclic) bond motifs is 1. The summed E-state index contributed by atoms with van der Waals surface area (Å²) >= 11 is 1.53. The van der Waals surface area contributed by atoms with Crippen molar-refractivity contribution in [2.45, 2.75) is 56.9 Å². The van der Waals surface area contributed by atoms with E-state index in [9.17, 15) is 19.7 Å². The van der Waals surface area contributed by atoms with Crippen LogP contribution in [0.4, 0.5) is 16.2 Å². The van der Waals surface area contributed by atoms with E-state index in [1.54, 1.807) is 18.2 Å². The number of hydrogen-bond acceptors (Lipinski definition) is 10. The zero-order valence-corrected chi connectivity index (χ0v) is 21.6. The Morgan fingerprint density at radius 2 is 1.89 bits per heavy atom. The molecule has 2 aliphatic rings. The fourth-order valence-corrected chi connectivity index (χ4v) is 6.16. The highest BCUT2D eigenvalue weighted by Gasteiger charge is 2.41. The van der Waals surface area contributed by atoms with Crippen molar-refractivity contribution in [2.75, 3.05) is 17.2 Å². The van der Waals surface area contributed by atoms with Gasteiger partial charge in [-0.15, -0.1) is 11.3 Å². The SMILES string of the molecule is Cc1nc(NCc2ccccc2F)nc(NC2CC(CO)C(O)C2O)c1-c1nc2c(C3CC3)nccc2s1. The second kappa shape index (κ2) is 10.1. The molecule has 4 unspecified atom stereocenters. The van der Waals surface area contributed by atoms with Gasteiger partial charge in [-0.2, -0.15) is 4.98 Å². The first-order valence-electron chi connectivity index (χ1n) is 12.8. The Morgan fingerprint density at radius 3 is 2.63 bits per heavy atom. The second-order valence-corrected chi connectivity index (χ2v) is 11.1. The molecule has 3 aromatic heterocycles. The number of aliphatic hydroxyl groups excluding tert-OH is 3. The summed E-state index contributed by atoms with van der Waals surface area (Å²) in [6, 6.07) is 7.93. The summed E-state index contributed by atoms with van der Waals surface area (Å²) in [6.45, 7) is 1.83. The lowest BCUT2D eigenvalue weighted by atomic mass is 10.1. The summed E-state index contributed by atoms with van der Waals surface area (Å²) < 4.78 is 15.2. The van der Waals surface area contributed by atoms with Gasteiger partial charge in [0.15, 0.2) is 0 Å². The van der Waals surface area contributed by atoms with E-state index in [1.807, 2.05) is 19.2 Å². The molecule has 0 radical (unpaired) electrons. The molecule has 2 fully saturated rings. The first kappa shape index (κ1) is 25.1. The maximum atomic E-state index is 14.2. The summed E-state index contributed by atoms with van der Waals surface area (Å²) in [5, 5.41) is 37.8. The largest absolute Gasteiger partial charge is 0.396 e. The predicted octanol–water partition coefficient (Wildman–Crippen LogP) is 3.60. The first-order valence-corrected chi connectivity index (χ1v) is 13.6. The average Bonchev–Trinajstić information content (AvgIpc) is 3.61. The quantitative estimate of drug-likeness (QED) is 0.229. The highest BCUT2D eigenvalue weighted by Crippen LogP contribution is 2.44. The minimum absolute atomic E-state index is 0.194. The highest BCUT2D eigenvalue weighted by molar-refractivity contribution is 7.21. The summed E-state index contributed by atoms with van der Waals surface area (Å²) in [5.41, 5.74) is 3.74. The Hall–Kier alpha value is -3.25. The van der Waals surface area contributed by atoms with Gasteiger partial charge in [0.05, 0.1) is 33.8 Å². The third kappa shape index (κ3) is 4.71. The molecule has 4 atom stereocenters. The summed E-state index contributed by atoms with van der Waals surface area (Å²) in [5.74, 6) is 0.425. The van der Waals surface area contributed by atoms with Crippen molar-refractivity contribution in [2.24, 2.45) is 5.92 Å². The molecule has 38 heavy (non-hydrogen) atoms. The number of thiazole rings is 1. The Labute approximate surface area is 222 Å². The van der Waals surface area contributed by atoms with Gasteiger partial charge in [-0.1, -0.05) is 18.2 Å². The molecular formula is C27H29FN6O3S. The zero-order valence-electron chi connectivity index (χ0n) is 20.8. The Balaban J connectivity index is 1.39. The number of benzene rings is 1. The number of aromatic nitrogens is 4. The van der Waals surface area contributed by atoms with Gasteiger partial charge in [0.1, 0.15) is 28.3 Å². The number of aryl methyl sites for hydroxylation is 1. The van der Waals surface area contributed by atoms with Crippen LogP contribution < -0.4 is 10.6 Å². The Bertz CT molecular complexity index is 1480. The molecule has 0 spiro atoms. The molecule has 11 heteroatoms. The van der Waals surface area contributed by atoms with Crippen LogP contribution in [0.2, 0.25) is 0 Å². The molecule has 1 aromatic carbocycles. The summed E-state index contributed by atoms with van der Waals surface area (Å²) in [7, 11) is 0. The van der Waals surface area contributed by atoms with Crippen LogP contribution in [0.15, 0.2) is 36.5 Å². The van der Waals surface area contributed by atoms with Crippen LogP contribution in [0.1, 0.15) is 42.1 Å². The van der Waals surface area contributed by atoms with Crippen molar-refractivity contribution in [1.29, 1.82) is 0 Å². The molecular weight excluding hydrogens is 507 g/mol. The van der Waals surface area contributed by atoms with E-state index in [2.05, 4.69) is 20.6 Å². The first-order chi connectivity index (χ1) is 18.4. The van der Waals surface area contributed by atoms with Gasteiger partial charge in [-0.3, -0.25) is 4.98 Å². The van der Waals surface area contributed by atoms with Crippen LogP contribution in [0.5, 0.6) is 0 Å². The topological polar surface area (TPSA) is 136 Å². The van der Waals surface area contributed by atoms with Gasteiger partial charge in [0, 0.05) is 36.7 Å². The number of rotatable bonds is 8. The average molecular weight is 537 g/mol. The monoisotopic (exact) mass is 536 g/mol. The predicted molar refractivity (Wildman–Crippen MR) is 143 cm³/mol.